The topological polar surface area (TPSA) is 125 Å². The van der Waals surface area contributed by atoms with Crippen LogP contribution in [0.4, 0.5) is 5.82 Å². The number of nitrogens with one attached hydrogen (secondary N) is 3. The number of hydrogen-bond donors (Lipinski definition) is 3. The summed E-state index contributed by atoms with van der Waals surface area (Å²) >= 11 is 0. The first-order chi connectivity index (χ1) is 16.8. The molecule has 1 aromatic carbocycles. The number of benzene rings is 1. The molecule has 10 nitrogen and oxygen atoms in total. The number of nitrogens with zero attached hydrogens (tertiary/aromatic N) is 3. The summed E-state index contributed by atoms with van der Waals surface area (Å²) in [5, 5.41) is 14.0. The predicted molar refractivity (Wildman–Crippen MR) is 130 cm³/mol. The van der Waals surface area contributed by atoms with Gasteiger partial charge in [-0.15, -0.1) is 0 Å². The average molecular weight is 501 g/mol. The summed E-state index contributed by atoms with van der Waals surface area (Å²) in [7, 11) is -3.54. The Bertz CT molecular complexity index is 1200. The molecular weight excluding hydrogens is 468 g/mol. The monoisotopic (exact) mass is 500 g/mol. The lowest BCUT2D eigenvalue weighted by molar-refractivity contribution is -0.125. The highest BCUT2D eigenvalue weighted by atomic mass is 32.2. The van der Waals surface area contributed by atoms with Gasteiger partial charge in [0.05, 0.1) is 10.6 Å². The third-order valence-corrected chi connectivity index (χ3v) is 8.73. The minimum Gasteiger partial charge on any atom is -0.322 e. The summed E-state index contributed by atoms with van der Waals surface area (Å²) in [6.07, 6.45) is 5.53. The van der Waals surface area contributed by atoms with E-state index in [1.807, 2.05) is 6.07 Å². The number of carbonyl (C=O) groups is 2. The summed E-state index contributed by atoms with van der Waals surface area (Å²) in [5.74, 6) is 0.432. The molecule has 11 heteroatoms. The molecule has 2 aromatic rings. The lowest BCUT2D eigenvalue weighted by Gasteiger charge is -2.32. The van der Waals surface area contributed by atoms with Crippen molar-refractivity contribution < 1.29 is 18.0 Å². The van der Waals surface area contributed by atoms with Crippen LogP contribution in [-0.4, -0.2) is 53.4 Å². The molecule has 2 saturated heterocycles. The van der Waals surface area contributed by atoms with Gasteiger partial charge in [-0.1, -0.05) is 13.3 Å². The zero-order chi connectivity index (χ0) is 24.6. The minimum absolute atomic E-state index is 0.0426. The average Bonchev–Trinajstić information content (AvgIpc) is 3.36. The van der Waals surface area contributed by atoms with Crippen molar-refractivity contribution >= 4 is 27.7 Å². The zero-order valence-corrected chi connectivity index (χ0v) is 20.7. The standard InChI is InChI=1S/C24H32N6O4S/c1-2-5-18-14-22(31)27-24(25-18)30-21(15-20(28-30)16-6-7-16)26-23(32)17-8-10-19(11-9-17)35(33,34)29-12-3-4-13-29/h8-11,15-16,18,24-25H,2-7,12-14H2,1H3,(H,26,32)(H,27,31). The summed E-state index contributed by atoms with van der Waals surface area (Å²) in [6.45, 7) is 3.14. The molecule has 188 valence electrons. The van der Waals surface area contributed by atoms with Crippen molar-refractivity contribution in [2.75, 3.05) is 18.4 Å². The molecule has 3 heterocycles. The van der Waals surface area contributed by atoms with Crippen LogP contribution in [-0.2, 0) is 14.8 Å². The van der Waals surface area contributed by atoms with Gasteiger partial charge in [-0.05, 0) is 56.4 Å². The van der Waals surface area contributed by atoms with Gasteiger partial charge in [-0.3, -0.25) is 14.9 Å². The Morgan fingerprint density at radius 1 is 1.17 bits per heavy atom. The van der Waals surface area contributed by atoms with Crippen molar-refractivity contribution in [3.05, 3.63) is 41.6 Å². The summed E-state index contributed by atoms with van der Waals surface area (Å²) < 4.78 is 28.7. The van der Waals surface area contributed by atoms with E-state index in [9.17, 15) is 18.0 Å². The highest BCUT2D eigenvalue weighted by Crippen LogP contribution is 2.40. The van der Waals surface area contributed by atoms with Gasteiger partial charge in [0.2, 0.25) is 15.9 Å². The highest BCUT2D eigenvalue weighted by molar-refractivity contribution is 7.89. The molecule has 0 radical (unpaired) electrons. The van der Waals surface area contributed by atoms with E-state index >= 15 is 0 Å². The Labute approximate surface area is 205 Å². The Morgan fingerprint density at radius 2 is 1.89 bits per heavy atom. The number of carbonyl (C=O) groups excluding carboxylic acids is 2. The number of rotatable bonds is 8. The van der Waals surface area contributed by atoms with E-state index in [4.69, 9.17) is 5.10 Å². The first kappa shape index (κ1) is 24.0. The molecule has 1 aliphatic carbocycles. The number of anilines is 1. The molecule has 2 amide bonds. The zero-order valence-electron chi connectivity index (χ0n) is 19.9. The lowest BCUT2D eigenvalue weighted by Crippen LogP contribution is -2.53. The molecule has 2 unspecified atom stereocenters. The second-order valence-electron chi connectivity index (χ2n) is 9.59. The van der Waals surface area contributed by atoms with Crippen molar-refractivity contribution in [1.82, 2.24) is 24.7 Å². The van der Waals surface area contributed by atoms with Crippen molar-refractivity contribution in [2.24, 2.45) is 0 Å². The van der Waals surface area contributed by atoms with Gasteiger partial charge in [0.1, 0.15) is 5.82 Å². The van der Waals surface area contributed by atoms with Crippen LogP contribution in [0.15, 0.2) is 35.2 Å². The fourth-order valence-corrected chi connectivity index (χ4v) is 6.27. The molecule has 5 rings (SSSR count). The van der Waals surface area contributed by atoms with Crippen LogP contribution in [0.1, 0.15) is 80.1 Å². The van der Waals surface area contributed by atoms with Gasteiger partial charge in [0, 0.05) is 43.1 Å². The number of sulfonamides is 1. The number of amides is 2. The van der Waals surface area contributed by atoms with E-state index in [-0.39, 0.29) is 22.8 Å². The summed E-state index contributed by atoms with van der Waals surface area (Å²) in [4.78, 5) is 25.6. The molecule has 0 spiro atoms. The minimum atomic E-state index is -3.54. The van der Waals surface area contributed by atoms with Gasteiger partial charge in [0.15, 0.2) is 6.29 Å². The second kappa shape index (κ2) is 9.71. The lowest BCUT2D eigenvalue weighted by atomic mass is 10.1. The van der Waals surface area contributed by atoms with E-state index in [0.717, 1.165) is 44.2 Å². The molecule has 3 aliphatic rings. The molecule has 1 saturated carbocycles. The van der Waals surface area contributed by atoms with Crippen LogP contribution in [0.3, 0.4) is 0 Å². The fraction of sp³-hybridized carbons (Fsp3) is 0.542. The second-order valence-corrected chi connectivity index (χ2v) is 11.5. The fourth-order valence-electron chi connectivity index (χ4n) is 4.75. The van der Waals surface area contributed by atoms with Crippen LogP contribution >= 0.6 is 0 Å². The Morgan fingerprint density at radius 3 is 2.54 bits per heavy atom. The van der Waals surface area contributed by atoms with Crippen molar-refractivity contribution in [3.8, 4) is 0 Å². The van der Waals surface area contributed by atoms with Gasteiger partial charge in [-0.2, -0.15) is 9.40 Å². The smallest absolute Gasteiger partial charge is 0.256 e. The van der Waals surface area contributed by atoms with Crippen LogP contribution in [0, 0.1) is 0 Å². The number of aromatic nitrogens is 2. The van der Waals surface area contributed by atoms with Crippen LogP contribution < -0.4 is 16.0 Å². The highest BCUT2D eigenvalue weighted by Gasteiger charge is 2.33. The van der Waals surface area contributed by atoms with E-state index in [1.54, 1.807) is 4.68 Å². The van der Waals surface area contributed by atoms with Gasteiger partial charge >= 0.3 is 0 Å². The summed E-state index contributed by atoms with van der Waals surface area (Å²) in [5.41, 5.74) is 1.23. The Balaban J connectivity index is 1.35. The van der Waals surface area contributed by atoms with Crippen LogP contribution in [0.25, 0.3) is 0 Å². The molecule has 2 aliphatic heterocycles. The first-order valence-electron chi connectivity index (χ1n) is 12.4. The third kappa shape index (κ3) is 5.12. The van der Waals surface area contributed by atoms with Crippen LogP contribution in [0.2, 0.25) is 0 Å². The molecule has 2 atom stereocenters. The SMILES string of the molecule is CCCC1CC(=O)NC(n2nc(C3CC3)cc2NC(=O)c2ccc(S(=O)(=O)N3CCCC3)cc2)N1. The van der Waals surface area contributed by atoms with Gasteiger partial charge in [-0.25, -0.2) is 13.1 Å². The normalized spacial score (nSPS) is 23.3. The Kier molecular flexibility index (Phi) is 6.65. The van der Waals surface area contributed by atoms with E-state index in [0.29, 0.717) is 36.8 Å². The van der Waals surface area contributed by atoms with E-state index < -0.39 is 16.3 Å². The maximum absolute atomic E-state index is 13.1. The maximum atomic E-state index is 13.1. The quantitative estimate of drug-likeness (QED) is 0.512. The maximum Gasteiger partial charge on any atom is 0.256 e. The largest absolute Gasteiger partial charge is 0.322 e. The predicted octanol–water partition coefficient (Wildman–Crippen LogP) is 2.53. The molecule has 35 heavy (non-hydrogen) atoms. The molecular formula is C24H32N6O4S. The van der Waals surface area contributed by atoms with E-state index in [2.05, 4.69) is 22.9 Å². The summed E-state index contributed by atoms with van der Waals surface area (Å²) in [6, 6.07) is 7.92. The Hall–Kier alpha value is -2.76. The van der Waals surface area contributed by atoms with Crippen molar-refractivity contribution in [3.63, 3.8) is 0 Å². The number of hydrogen-bond acceptors (Lipinski definition) is 6. The third-order valence-electron chi connectivity index (χ3n) is 6.82. The molecule has 3 N–H and O–H groups in total. The van der Waals surface area contributed by atoms with Crippen molar-refractivity contribution in [1.29, 1.82) is 0 Å². The first-order valence-corrected chi connectivity index (χ1v) is 13.9. The van der Waals surface area contributed by atoms with Crippen molar-refractivity contribution in [2.45, 2.75) is 75.0 Å². The molecule has 1 aromatic heterocycles. The van der Waals surface area contributed by atoms with E-state index in [1.165, 1.54) is 28.6 Å². The van der Waals surface area contributed by atoms with Gasteiger partial charge in [0.25, 0.3) is 5.91 Å². The molecule has 3 fully saturated rings. The molecule has 0 bridgehead atoms. The van der Waals surface area contributed by atoms with Crippen LogP contribution in [0.5, 0.6) is 0 Å². The van der Waals surface area contributed by atoms with Gasteiger partial charge < -0.3 is 10.6 Å².